The van der Waals surface area contributed by atoms with Crippen molar-refractivity contribution in [2.45, 2.75) is 32.0 Å². The van der Waals surface area contributed by atoms with Crippen molar-refractivity contribution in [2.75, 3.05) is 33.4 Å². The molecule has 2 aromatic carbocycles. The Bertz CT molecular complexity index is 1170. The van der Waals surface area contributed by atoms with Crippen molar-refractivity contribution in [3.8, 4) is 5.75 Å². The molecule has 3 aromatic rings. The van der Waals surface area contributed by atoms with E-state index >= 15 is 0 Å². The third-order valence-electron chi connectivity index (χ3n) is 6.14. The summed E-state index contributed by atoms with van der Waals surface area (Å²) < 4.78 is 13.9. The van der Waals surface area contributed by atoms with Gasteiger partial charge < -0.3 is 19.3 Å². The van der Waals surface area contributed by atoms with E-state index < -0.39 is 5.60 Å². The Kier molecular flexibility index (Phi) is 8.28. The van der Waals surface area contributed by atoms with Gasteiger partial charge in [-0.25, -0.2) is 0 Å². The molecular formula is C27H31ClN4O4. The maximum absolute atomic E-state index is 13.3. The van der Waals surface area contributed by atoms with Crippen LogP contribution in [0.15, 0.2) is 67.0 Å². The smallest absolute Gasteiger partial charge is 0.244 e. The fourth-order valence-corrected chi connectivity index (χ4v) is 4.32. The van der Waals surface area contributed by atoms with Crippen LogP contribution in [0.5, 0.6) is 5.75 Å². The van der Waals surface area contributed by atoms with Gasteiger partial charge in [0.15, 0.2) is 0 Å². The number of ether oxygens (including phenoxy) is 2. The number of halogens is 1. The lowest BCUT2D eigenvalue weighted by Crippen LogP contribution is -2.58. The third kappa shape index (κ3) is 6.86. The van der Waals surface area contributed by atoms with Crippen LogP contribution in [0.2, 0.25) is 5.02 Å². The predicted molar refractivity (Wildman–Crippen MR) is 137 cm³/mol. The molecule has 1 fully saturated rings. The maximum atomic E-state index is 13.3. The van der Waals surface area contributed by atoms with E-state index in [1.807, 2.05) is 43.5 Å². The van der Waals surface area contributed by atoms with Crippen LogP contribution < -0.4 is 4.74 Å². The molecule has 0 unspecified atom stereocenters. The summed E-state index contributed by atoms with van der Waals surface area (Å²) in [6, 6.07) is 16.8. The quantitative estimate of drug-likeness (QED) is 0.440. The van der Waals surface area contributed by atoms with E-state index in [-0.39, 0.29) is 37.9 Å². The van der Waals surface area contributed by atoms with E-state index in [2.05, 4.69) is 5.10 Å². The van der Waals surface area contributed by atoms with Crippen LogP contribution in [-0.2, 0) is 27.4 Å². The van der Waals surface area contributed by atoms with Gasteiger partial charge in [0.2, 0.25) is 11.8 Å². The first-order valence-corrected chi connectivity index (χ1v) is 12.3. The van der Waals surface area contributed by atoms with Crippen LogP contribution in [0.3, 0.4) is 0 Å². The second kappa shape index (κ2) is 11.6. The van der Waals surface area contributed by atoms with Crippen molar-refractivity contribution >= 4 is 23.4 Å². The number of hydrogen-bond acceptors (Lipinski definition) is 5. The lowest BCUT2D eigenvalue weighted by molar-refractivity contribution is -0.166. The molecule has 0 radical (unpaired) electrons. The molecule has 0 spiro atoms. The molecule has 0 bridgehead atoms. The number of aromatic nitrogens is 2. The summed E-state index contributed by atoms with van der Waals surface area (Å²) in [6.45, 7) is 3.65. The van der Waals surface area contributed by atoms with Crippen LogP contribution in [0.1, 0.15) is 17.5 Å². The average Bonchev–Trinajstić information content (AvgIpc) is 3.28. The SMILES string of the molecule is Cc1cnn(CC(=O)N2CCO[C@@](COc3ccc(Cl)cc3)(CC(=O)N(C)Cc3ccccc3)C2)c1. The van der Waals surface area contributed by atoms with Crippen LogP contribution in [-0.4, -0.2) is 70.3 Å². The van der Waals surface area contributed by atoms with E-state index in [4.69, 9.17) is 21.1 Å². The number of carbonyl (C=O) groups is 2. The molecule has 36 heavy (non-hydrogen) atoms. The molecule has 2 heterocycles. The zero-order chi connectivity index (χ0) is 25.5. The fourth-order valence-electron chi connectivity index (χ4n) is 4.20. The molecule has 1 saturated heterocycles. The summed E-state index contributed by atoms with van der Waals surface area (Å²) in [4.78, 5) is 29.8. The number of rotatable bonds is 9. The van der Waals surface area contributed by atoms with Crippen molar-refractivity contribution in [1.82, 2.24) is 19.6 Å². The number of amides is 2. The molecule has 1 aromatic heterocycles. The second-order valence-corrected chi connectivity index (χ2v) is 9.65. The molecule has 8 nitrogen and oxygen atoms in total. The Labute approximate surface area is 216 Å². The van der Waals surface area contributed by atoms with E-state index in [9.17, 15) is 9.59 Å². The number of carbonyl (C=O) groups excluding carboxylic acids is 2. The molecule has 190 valence electrons. The molecule has 1 aliphatic heterocycles. The van der Waals surface area contributed by atoms with Crippen LogP contribution >= 0.6 is 11.6 Å². The number of benzene rings is 2. The summed E-state index contributed by atoms with van der Waals surface area (Å²) >= 11 is 6.00. The highest BCUT2D eigenvalue weighted by molar-refractivity contribution is 6.30. The van der Waals surface area contributed by atoms with Crippen LogP contribution in [0.4, 0.5) is 0 Å². The molecular weight excluding hydrogens is 480 g/mol. The Morgan fingerprint density at radius 3 is 2.61 bits per heavy atom. The van der Waals surface area contributed by atoms with E-state index in [1.165, 1.54) is 0 Å². The minimum Gasteiger partial charge on any atom is -0.490 e. The first-order chi connectivity index (χ1) is 17.3. The lowest BCUT2D eigenvalue weighted by atomic mass is 9.96. The average molecular weight is 511 g/mol. The number of morpholine rings is 1. The first-order valence-electron chi connectivity index (χ1n) is 11.9. The highest BCUT2D eigenvalue weighted by atomic mass is 35.5. The topological polar surface area (TPSA) is 76.9 Å². The van der Waals surface area contributed by atoms with Gasteiger partial charge in [-0.3, -0.25) is 14.3 Å². The van der Waals surface area contributed by atoms with Gasteiger partial charge in [0.1, 0.15) is 24.5 Å². The Morgan fingerprint density at radius 1 is 1.17 bits per heavy atom. The van der Waals surface area contributed by atoms with Gasteiger partial charge in [-0.15, -0.1) is 0 Å². The minimum atomic E-state index is -0.990. The molecule has 1 atom stereocenters. The Morgan fingerprint density at radius 2 is 1.92 bits per heavy atom. The largest absolute Gasteiger partial charge is 0.490 e. The highest BCUT2D eigenvalue weighted by Gasteiger charge is 2.42. The van der Waals surface area contributed by atoms with Crippen molar-refractivity contribution in [2.24, 2.45) is 0 Å². The lowest BCUT2D eigenvalue weighted by Gasteiger charge is -2.42. The molecule has 0 aliphatic carbocycles. The summed E-state index contributed by atoms with van der Waals surface area (Å²) in [6.07, 6.45) is 3.63. The molecule has 4 rings (SSSR count). The maximum Gasteiger partial charge on any atom is 0.244 e. The number of hydrogen-bond donors (Lipinski definition) is 0. The van der Waals surface area contributed by atoms with Gasteiger partial charge in [0.25, 0.3) is 0 Å². The molecule has 9 heteroatoms. The molecule has 2 amide bonds. The van der Waals surface area contributed by atoms with Gasteiger partial charge in [0, 0.05) is 31.4 Å². The summed E-state index contributed by atoms with van der Waals surface area (Å²) in [5.41, 5.74) is 1.04. The van der Waals surface area contributed by atoms with E-state index in [0.29, 0.717) is 30.5 Å². The minimum absolute atomic E-state index is 0.0780. The van der Waals surface area contributed by atoms with Gasteiger partial charge in [0.05, 0.1) is 25.8 Å². The monoisotopic (exact) mass is 510 g/mol. The second-order valence-electron chi connectivity index (χ2n) is 9.22. The Balaban J connectivity index is 1.48. The van der Waals surface area contributed by atoms with Crippen molar-refractivity contribution in [3.63, 3.8) is 0 Å². The summed E-state index contributed by atoms with van der Waals surface area (Å²) in [5, 5.41) is 4.83. The van der Waals surface area contributed by atoms with Gasteiger partial charge in [-0.1, -0.05) is 41.9 Å². The fraction of sp³-hybridized carbons (Fsp3) is 0.370. The van der Waals surface area contributed by atoms with E-state index in [1.54, 1.807) is 52.0 Å². The van der Waals surface area contributed by atoms with Gasteiger partial charge >= 0.3 is 0 Å². The molecule has 0 saturated carbocycles. The number of aryl methyl sites for hydroxylation is 1. The predicted octanol–water partition coefficient (Wildman–Crippen LogP) is 3.57. The van der Waals surface area contributed by atoms with Crippen molar-refractivity contribution in [1.29, 1.82) is 0 Å². The van der Waals surface area contributed by atoms with Crippen LogP contribution in [0.25, 0.3) is 0 Å². The van der Waals surface area contributed by atoms with Crippen molar-refractivity contribution < 1.29 is 19.1 Å². The first kappa shape index (κ1) is 25.7. The molecule has 0 N–H and O–H groups in total. The molecule has 1 aliphatic rings. The zero-order valence-corrected chi connectivity index (χ0v) is 21.4. The van der Waals surface area contributed by atoms with E-state index in [0.717, 1.165) is 11.1 Å². The van der Waals surface area contributed by atoms with Gasteiger partial charge in [-0.05, 0) is 42.3 Å². The summed E-state index contributed by atoms with van der Waals surface area (Å²) in [7, 11) is 1.77. The zero-order valence-electron chi connectivity index (χ0n) is 20.6. The number of nitrogens with zero attached hydrogens (tertiary/aromatic N) is 4. The summed E-state index contributed by atoms with van der Waals surface area (Å²) in [5.74, 6) is 0.445. The van der Waals surface area contributed by atoms with Crippen molar-refractivity contribution in [3.05, 3.63) is 83.1 Å². The standard InChI is InChI=1S/C27H31ClN4O4/c1-21-15-29-32(16-21)18-26(34)31-12-13-36-27(19-31,20-35-24-10-8-23(28)9-11-24)14-25(33)30(2)17-22-6-4-3-5-7-22/h3-11,15-16H,12-14,17-20H2,1-2H3/t27-/m0/s1. The van der Waals surface area contributed by atoms with Gasteiger partial charge in [-0.2, -0.15) is 5.10 Å². The third-order valence-corrected chi connectivity index (χ3v) is 6.39. The Hall–Kier alpha value is -3.36. The highest BCUT2D eigenvalue weighted by Crippen LogP contribution is 2.26. The van der Waals surface area contributed by atoms with Crippen LogP contribution in [0, 0.1) is 6.92 Å². The normalized spacial score (nSPS) is 17.6.